The fourth-order valence-electron chi connectivity index (χ4n) is 2.61. The van der Waals surface area contributed by atoms with Crippen molar-refractivity contribution in [1.82, 2.24) is 10.6 Å². The fraction of sp³-hybridized carbons (Fsp3) is 0.350. The van der Waals surface area contributed by atoms with E-state index in [2.05, 4.69) is 33.8 Å². The summed E-state index contributed by atoms with van der Waals surface area (Å²) in [6.07, 6.45) is 2.05. The van der Waals surface area contributed by atoms with Crippen LogP contribution in [0.5, 0.6) is 5.75 Å². The molecule has 0 radical (unpaired) electrons. The molecule has 0 aliphatic rings. The van der Waals surface area contributed by atoms with Crippen LogP contribution in [0.25, 0.3) is 0 Å². The van der Waals surface area contributed by atoms with Crippen molar-refractivity contribution < 1.29 is 13.2 Å². The van der Waals surface area contributed by atoms with Crippen LogP contribution in [-0.4, -0.2) is 41.3 Å². The first kappa shape index (κ1) is 24.2. The first-order chi connectivity index (χ1) is 12.8. The highest BCUT2D eigenvalue weighted by atomic mass is 127. The number of guanidine groups is 1. The molecule has 0 unspecified atom stereocenters. The number of aliphatic imine (C=N–C) groups is 1. The average molecular weight is 517 g/mol. The van der Waals surface area contributed by atoms with E-state index in [0.29, 0.717) is 17.4 Å². The Morgan fingerprint density at radius 3 is 2.29 bits per heavy atom. The molecule has 2 N–H and O–H groups in total. The van der Waals surface area contributed by atoms with E-state index in [1.54, 1.807) is 38.4 Å². The van der Waals surface area contributed by atoms with Gasteiger partial charge in [0.15, 0.2) is 15.8 Å². The summed E-state index contributed by atoms with van der Waals surface area (Å²) in [5.74, 6) is 1.59. The number of hydrogen-bond donors (Lipinski definition) is 2. The highest BCUT2D eigenvalue weighted by molar-refractivity contribution is 14.0. The Labute approximate surface area is 184 Å². The quantitative estimate of drug-likeness (QED) is 0.336. The SMILES string of the molecule is CN=C(NCCc1ccc(C)c(OC)c1)NCc1ccc(S(C)(=O)=O)cc1.I. The number of ether oxygens (including phenoxy) is 1. The van der Waals surface area contributed by atoms with Crippen LogP contribution in [0.2, 0.25) is 0 Å². The summed E-state index contributed by atoms with van der Waals surface area (Å²) in [5, 5.41) is 6.50. The molecule has 0 bridgehead atoms. The number of rotatable bonds is 7. The molecule has 0 saturated carbocycles. The molecule has 2 aromatic rings. The minimum atomic E-state index is -3.17. The lowest BCUT2D eigenvalue weighted by Crippen LogP contribution is -2.37. The maximum absolute atomic E-state index is 11.5. The zero-order valence-corrected chi connectivity index (χ0v) is 19.8. The van der Waals surface area contributed by atoms with Gasteiger partial charge in [-0.2, -0.15) is 0 Å². The van der Waals surface area contributed by atoms with Gasteiger partial charge in [0.05, 0.1) is 12.0 Å². The third-order valence-electron chi connectivity index (χ3n) is 4.21. The van der Waals surface area contributed by atoms with E-state index < -0.39 is 9.84 Å². The van der Waals surface area contributed by atoms with E-state index in [1.807, 2.05) is 6.92 Å². The van der Waals surface area contributed by atoms with Gasteiger partial charge in [0.1, 0.15) is 5.75 Å². The number of benzene rings is 2. The summed E-state index contributed by atoms with van der Waals surface area (Å²) in [6, 6.07) is 13.0. The van der Waals surface area contributed by atoms with Crippen molar-refractivity contribution in [2.75, 3.05) is 27.0 Å². The molecule has 0 saturated heterocycles. The number of nitrogens with one attached hydrogen (secondary N) is 2. The Morgan fingerprint density at radius 1 is 1.07 bits per heavy atom. The van der Waals surface area contributed by atoms with Crippen LogP contribution in [0.1, 0.15) is 16.7 Å². The standard InChI is InChI=1S/C20H27N3O3S.HI/c1-15-5-6-16(13-19(15)26-3)11-12-22-20(21-2)23-14-17-7-9-18(10-8-17)27(4,24)25;/h5-10,13H,11-12,14H2,1-4H3,(H2,21,22,23);1H. The number of sulfone groups is 1. The summed E-state index contributed by atoms with van der Waals surface area (Å²) in [6.45, 7) is 3.32. The maximum atomic E-state index is 11.5. The third-order valence-corrected chi connectivity index (χ3v) is 5.34. The van der Waals surface area contributed by atoms with Crippen LogP contribution in [0, 0.1) is 6.92 Å². The van der Waals surface area contributed by atoms with Crippen LogP contribution in [0.4, 0.5) is 0 Å². The summed E-state index contributed by atoms with van der Waals surface area (Å²) in [5.41, 5.74) is 3.29. The van der Waals surface area contributed by atoms with E-state index in [0.717, 1.165) is 29.8 Å². The van der Waals surface area contributed by atoms with Crippen molar-refractivity contribution in [1.29, 1.82) is 0 Å². The number of hydrogen-bond acceptors (Lipinski definition) is 4. The molecule has 0 fully saturated rings. The summed E-state index contributed by atoms with van der Waals surface area (Å²) in [7, 11) is 0.231. The summed E-state index contributed by atoms with van der Waals surface area (Å²) >= 11 is 0. The molecule has 0 heterocycles. The molecular weight excluding hydrogens is 489 g/mol. The van der Waals surface area contributed by atoms with Crippen molar-refractivity contribution in [2.24, 2.45) is 4.99 Å². The first-order valence-corrected chi connectivity index (χ1v) is 10.6. The lowest BCUT2D eigenvalue weighted by molar-refractivity contribution is 0.411. The Morgan fingerprint density at radius 2 is 1.71 bits per heavy atom. The normalized spacial score (nSPS) is 11.5. The second kappa shape index (κ2) is 11.3. The van der Waals surface area contributed by atoms with Crippen LogP contribution >= 0.6 is 24.0 Å². The summed E-state index contributed by atoms with van der Waals surface area (Å²) in [4.78, 5) is 4.53. The summed E-state index contributed by atoms with van der Waals surface area (Å²) < 4.78 is 28.4. The number of methoxy groups -OCH3 is 1. The molecule has 2 aromatic carbocycles. The molecule has 2 rings (SSSR count). The third kappa shape index (κ3) is 7.31. The van der Waals surface area contributed by atoms with Gasteiger partial charge in [0.2, 0.25) is 0 Å². The van der Waals surface area contributed by atoms with Crippen molar-refractivity contribution >= 4 is 39.8 Å². The molecule has 154 valence electrons. The van der Waals surface area contributed by atoms with Crippen molar-refractivity contribution in [3.63, 3.8) is 0 Å². The minimum Gasteiger partial charge on any atom is -0.496 e. The molecule has 8 heteroatoms. The molecule has 0 aliphatic carbocycles. The maximum Gasteiger partial charge on any atom is 0.191 e. The highest BCUT2D eigenvalue weighted by Crippen LogP contribution is 2.19. The van der Waals surface area contributed by atoms with Crippen molar-refractivity contribution in [3.05, 3.63) is 59.2 Å². The zero-order chi connectivity index (χ0) is 19.9. The lowest BCUT2D eigenvalue weighted by Gasteiger charge is -2.13. The van der Waals surface area contributed by atoms with Crippen LogP contribution < -0.4 is 15.4 Å². The minimum absolute atomic E-state index is 0. The Bertz CT molecular complexity index is 897. The molecule has 6 nitrogen and oxygen atoms in total. The van der Waals surface area contributed by atoms with Gasteiger partial charge in [0, 0.05) is 26.4 Å². The molecule has 0 aliphatic heterocycles. The van der Waals surface area contributed by atoms with E-state index in [9.17, 15) is 8.42 Å². The van der Waals surface area contributed by atoms with E-state index >= 15 is 0 Å². The predicted molar refractivity (Wildman–Crippen MR) is 125 cm³/mol. The Hall–Kier alpha value is -1.81. The van der Waals surface area contributed by atoms with Gasteiger partial charge in [-0.05, 0) is 48.2 Å². The second-order valence-corrected chi connectivity index (χ2v) is 8.34. The molecule has 0 aromatic heterocycles. The zero-order valence-electron chi connectivity index (χ0n) is 16.7. The van der Waals surface area contributed by atoms with Crippen molar-refractivity contribution in [3.8, 4) is 5.75 Å². The number of halogens is 1. The molecule has 0 amide bonds. The largest absolute Gasteiger partial charge is 0.496 e. The molecule has 0 spiro atoms. The average Bonchev–Trinajstić information content (AvgIpc) is 2.65. The lowest BCUT2D eigenvalue weighted by atomic mass is 10.1. The monoisotopic (exact) mass is 517 g/mol. The van der Waals surface area contributed by atoms with Gasteiger partial charge in [0.25, 0.3) is 0 Å². The van der Waals surface area contributed by atoms with Gasteiger partial charge < -0.3 is 15.4 Å². The van der Waals surface area contributed by atoms with Gasteiger partial charge in [-0.1, -0.05) is 24.3 Å². The van der Waals surface area contributed by atoms with E-state index in [-0.39, 0.29) is 24.0 Å². The van der Waals surface area contributed by atoms with Crippen LogP contribution in [0.3, 0.4) is 0 Å². The Balaban J connectivity index is 0.00000392. The van der Waals surface area contributed by atoms with E-state index in [4.69, 9.17) is 4.74 Å². The smallest absolute Gasteiger partial charge is 0.191 e. The number of aryl methyl sites for hydroxylation is 1. The fourth-order valence-corrected chi connectivity index (χ4v) is 3.24. The van der Waals surface area contributed by atoms with Crippen molar-refractivity contribution in [2.45, 2.75) is 24.8 Å². The molecule has 0 atom stereocenters. The van der Waals surface area contributed by atoms with Gasteiger partial charge in [-0.25, -0.2) is 8.42 Å². The highest BCUT2D eigenvalue weighted by Gasteiger charge is 2.06. The topological polar surface area (TPSA) is 79.8 Å². The number of nitrogens with zero attached hydrogens (tertiary/aromatic N) is 1. The van der Waals surface area contributed by atoms with E-state index in [1.165, 1.54) is 11.8 Å². The van der Waals surface area contributed by atoms with Crippen LogP contribution in [-0.2, 0) is 22.8 Å². The van der Waals surface area contributed by atoms with Crippen LogP contribution in [0.15, 0.2) is 52.4 Å². The van der Waals surface area contributed by atoms with Gasteiger partial charge in [-0.3, -0.25) is 4.99 Å². The first-order valence-electron chi connectivity index (χ1n) is 8.70. The molecule has 28 heavy (non-hydrogen) atoms. The van der Waals surface area contributed by atoms with Gasteiger partial charge in [-0.15, -0.1) is 24.0 Å². The van der Waals surface area contributed by atoms with Gasteiger partial charge >= 0.3 is 0 Å². The predicted octanol–water partition coefficient (Wildman–Crippen LogP) is 2.93. The second-order valence-electron chi connectivity index (χ2n) is 6.32. The Kier molecular flexibility index (Phi) is 9.74. The molecular formula is C20H28IN3O3S.